The van der Waals surface area contributed by atoms with E-state index in [9.17, 15) is 13.2 Å². The van der Waals surface area contributed by atoms with Gasteiger partial charge in [0.2, 0.25) is 0 Å². The van der Waals surface area contributed by atoms with Crippen LogP contribution in [0.1, 0.15) is 10.4 Å². The van der Waals surface area contributed by atoms with E-state index in [-0.39, 0.29) is 16.3 Å². The van der Waals surface area contributed by atoms with Gasteiger partial charge in [-0.1, -0.05) is 18.2 Å². The van der Waals surface area contributed by atoms with Crippen LogP contribution in [-0.2, 0) is 10.0 Å². The van der Waals surface area contributed by atoms with Crippen LogP contribution >= 0.6 is 0 Å². The molecule has 3 rings (SSSR count). The minimum absolute atomic E-state index is 0.0680. The lowest BCUT2D eigenvalue weighted by Gasteiger charge is -2.15. The third-order valence-corrected chi connectivity index (χ3v) is 5.78. The molecule has 0 spiro atoms. The van der Waals surface area contributed by atoms with Crippen molar-refractivity contribution >= 4 is 27.3 Å². The van der Waals surface area contributed by atoms with E-state index in [2.05, 4.69) is 10.0 Å². The predicted octanol–water partition coefficient (Wildman–Crippen LogP) is 3.77. The molecule has 0 aliphatic heterocycles. The molecule has 0 aliphatic carbocycles. The van der Waals surface area contributed by atoms with Crippen molar-refractivity contribution in [1.29, 1.82) is 0 Å². The van der Waals surface area contributed by atoms with Crippen molar-refractivity contribution in [1.82, 2.24) is 0 Å². The Morgan fingerprint density at radius 2 is 1.42 bits per heavy atom. The smallest absolute Gasteiger partial charge is 0.262 e. The van der Waals surface area contributed by atoms with Gasteiger partial charge in [-0.15, -0.1) is 0 Å². The van der Waals surface area contributed by atoms with Gasteiger partial charge in [-0.25, -0.2) is 8.42 Å². The number of hydrogen-bond acceptors (Lipinski definition) is 6. The van der Waals surface area contributed by atoms with Crippen LogP contribution in [-0.4, -0.2) is 35.7 Å². The van der Waals surface area contributed by atoms with Crippen molar-refractivity contribution in [3.8, 4) is 17.2 Å². The number of methoxy groups -OCH3 is 3. The molecular weight excluding hydrogens is 420 g/mol. The number of benzene rings is 3. The van der Waals surface area contributed by atoms with E-state index in [1.54, 1.807) is 42.5 Å². The topological polar surface area (TPSA) is 103 Å². The number of ether oxygens (including phenoxy) is 3. The van der Waals surface area contributed by atoms with Crippen molar-refractivity contribution in [2.24, 2.45) is 0 Å². The normalized spacial score (nSPS) is 10.8. The maximum Gasteiger partial charge on any atom is 0.262 e. The second kappa shape index (κ2) is 9.40. The molecule has 31 heavy (non-hydrogen) atoms. The first-order chi connectivity index (χ1) is 14.9. The van der Waals surface area contributed by atoms with Crippen LogP contribution in [0, 0.1) is 0 Å². The van der Waals surface area contributed by atoms with Crippen molar-refractivity contribution in [2.45, 2.75) is 4.90 Å². The molecule has 0 heterocycles. The highest BCUT2D eigenvalue weighted by Crippen LogP contribution is 2.33. The molecule has 0 aliphatic rings. The first-order valence-corrected chi connectivity index (χ1v) is 10.7. The van der Waals surface area contributed by atoms with Crippen LogP contribution in [0.4, 0.5) is 11.4 Å². The third kappa shape index (κ3) is 5.07. The Kier molecular flexibility index (Phi) is 6.66. The summed E-state index contributed by atoms with van der Waals surface area (Å²) >= 11 is 0. The summed E-state index contributed by atoms with van der Waals surface area (Å²) in [6.07, 6.45) is 0. The van der Waals surface area contributed by atoms with Crippen molar-refractivity contribution in [3.05, 3.63) is 72.3 Å². The molecule has 0 fully saturated rings. The number of anilines is 2. The maximum absolute atomic E-state index is 13.0. The summed E-state index contributed by atoms with van der Waals surface area (Å²) in [4.78, 5) is 12.5. The minimum atomic E-state index is -4.01. The molecule has 3 aromatic carbocycles. The molecule has 0 aromatic heterocycles. The van der Waals surface area contributed by atoms with E-state index in [1.165, 1.54) is 45.6 Å². The van der Waals surface area contributed by atoms with Crippen LogP contribution in [0.25, 0.3) is 0 Å². The van der Waals surface area contributed by atoms with Crippen molar-refractivity contribution < 1.29 is 27.4 Å². The molecule has 2 N–H and O–H groups in total. The molecule has 1 amide bonds. The average molecular weight is 442 g/mol. The molecule has 8 nitrogen and oxygen atoms in total. The van der Waals surface area contributed by atoms with Crippen LogP contribution in [0.3, 0.4) is 0 Å². The third-order valence-electron chi connectivity index (χ3n) is 4.42. The molecular formula is C22H22N2O6S. The average Bonchev–Trinajstić information content (AvgIpc) is 2.79. The van der Waals surface area contributed by atoms with Gasteiger partial charge in [-0.2, -0.15) is 0 Å². The molecule has 0 saturated carbocycles. The first-order valence-electron chi connectivity index (χ1n) is 9.17. The van der Waals surface area contributed by atoms with Gasteiger partial charge >= 0.3 is 0 Å². The highest BCUT2D eigenvalue weighted by Gasteiger charge is 2.20. The van der Waals surface area contributed by atoms with Crippen LogP contribution in [0.5, 0.6) is 17.2 Å². The second-order valence-corrected chi connectivity index (χ2v) is 8.04. The Labute approximate surface area is 180 Å². The second-order valence-electron chi connectivity index (χ2n) is 6.35. The molecule has 3 aromatic rings. The van der Waals surface area contributed by atoms with Gasteiger partial charge in [0.1, 0.15) is 17.2 Å². The summed E-state index contributed by atoms with van der Waals surface area (Å²) < 4.78 is 44.2. The zero-order chi connectivity index (χ0) is 22.4. The van der Waals surface area contributed by atoms with Crippen LogP contribution in [0.2, 0.25) is 0 Å². The first kappa shape index (κ1) is 22.0. The fourth-order valence-electron chi connectivity index (χ4n) is 2.83. The largest absolute Gasteiger partial charge is 0.497 e. The highest BCUT2D eigenvalue weighted by atomic mass is 32.2. The molecule has 0 atom stereocenters. The van der Waals surface area contributed by atoms with Crippen LogP contribution < -0.4 is 24.2 Å². The van der Waals surface area contributed by atoms with Gasteiger partial charge in [0.05, 0.1) is 37.6 Å². The number of hydrogen-bond donors (Lipinski definition) is 2. The Bertz CT molecular complexity index is 1180. The maximum atomic E-state index is 13.0. The molecule has 9 heteroatoms. The molecule has 0 unspecified atom stereocenters. The van der Waals surface area contributed by atoms with E-state index < -0.39 is 15.9 Å². The van der Waals surface area contributed by atoms with Crippen LogP contribution in [0.15, 0.2) is 71.6 Å². The minimum Gasteiger partial charge on any atom is -0.497 e. The Morgan fingerprint density at radius 1 is 0.774 bits per heavy atom. The van der Waals surface area contributed by atoms with Crippen molar-refractivity contribution in [3.63, 3.8) is 0 Å². The Hall–Kier alpha value is -3.72. The van der Waals surface area contributed by atoms with Gasteiger partial charge in [0.15, 0.2) is 0 Å². The Morgan fingerprint density at radius 3 is 2.06 bits per heavy atom. The lowest BCUT2D eigenvalue weighted by Crippen LogP contribution is -2.16. The van der Waals surface area contributed by atoms with E-state index in [1.807, 2.05) is 0 Å². The van der Waals surface area contributed by atoms with Gasteiger partial charge in [0, 0.05) is 11.6 Å². The molecule has 0 bridgehead atoms. The molecule has 162 valence electrons. The number of carbonyl (C=O) groups is 1. The summed E-state index contributed by atoms with van der Waals surface area (Å²) in [5.74, 6) is 0.720. The van der Waals surface area contributed by atoms with Gasteiger partial charge < -0.3 is 19.5 Å². The fraction of sp³-hybridized carbons (Fsp3) is 0.136. The number of rotatable bonds is 8. The quantitative estimate of drug-likeness (QED) is 0.551. The summed E-state index contributed by atoms with van der Waals surface area (Å²) in [6, 6.07) is 17.5. The van der Waals surface area contributed by atoms with E-state index in [0.717, 1.165) is 0 Å². The standard InChI is InChI=1S/C22H22N2O6S/c1-28-16-9-11-21(30-3)19(13-16)24-31(26,27)17-10-12-20(29-2)18(14-17)23-22(25)15-7-5-4-6-8-15/h4-14,24H,1-3H3,(H,23,25). The van der Waals surface area contributed by atoms with Gasteiger partial charge in [-0.05, 0) is 42.5 Å². The molecule has 0 radical (unpaired) electrons. The summed E-state index contributed by atoms with van der Waals surface area (Å²) in [6.45, 7) is 0. The van der Waals surface area contributed by atoms with E-state index >= 15 is 0 Å². The number of carbonyl (C=O) groups excluding carboxylic acids is 1. The fourth-order valence-corrected chi connectivity index (χ4v) is 3.92. The van der Waals surface area contributed by atoms with Crippen molar-refractivity contribution in [2.75, 3.05) is 31.4 Å². The molecule has 0 saturated heterocycles. The summed E-state index contributed by atoms with van der Waals surface area (Å²) in [5, 5.41) is 2.69. The Balaban J connectivity index is 1.93. The van der Waals surface area contributed by atoms with Gasteiger partial charge in [-0.3, -0.25) is 9.52 Å². The number of amides is 1. The lowest BCUT2D eigenvalue weighted by atomic mass is 10.2. The number of nitrogens with one attached hydrogen (secondary N) is 2. The highest BCUT2D eigenvalue weighted by molar-refractivity contribution is 7.92. The lowest BCUT2D eigenvalue weighted by molar-refractivity contribution is 0.102. The van der Waals surface area contributed by atoms with Gasteiger partial charge in [0.25, 0.3) is 15.9 Å². The zero-order valence-corrected chi connectivity index (χ0v) is 18.0. The number of sulfonamides is 1. The monoisotopic (exact) mass is 442 g/mol. The summed E-state index contributed by atoms with van der Waals surface area (Å²) in [7, 11) is 0.333. The van der Waals surface area contributed by atoms with E-state index in [4.69, 9.17) is 14.2 Å². The SMILES string of the molecule is COc1ccc(OC)c(NS(=O)(=O)c2ccc(OC)c(NC(=O)c3ccccc3)c2)c1. The summed E-state index contributed by atoms with van der Waals surface area (Å²) in [5.41, 5.74) is 0.862. The zero-order valence-electron chi connectivity index (χ0n) is 17.2. The predicted molar refractivity (Wildman–Crippen MR) is 118 cm³/mol. The van der Waals surface area contributed by atoms with E-state index in [0.29, 0.717) is 22.8 Å².